The van der Waals surface area contributed by atoms with Crippen LogP contribution in [0.25, 0.3) is 0 Å². The number of thiazole rings is 1. The van der Waals surface area contributed by atoms with Crippen LogP contribution in [-0.2, 0) is 29.6 Å². The Balaban J connectivity index is 1.56. The predicted molar refractivity (Wildman–Crippen MR) is 87.0 cm³/mol. The molecule has 0 fully saturated rings. The zero-order valence-electron chi connectivity index (χ0n) is 13.3. The van der Waals surface area contributed by atoms with Crippen molar-refractivity contribution in [2.75, 3.05) is 0 Å². The molecule has 0 bridgehead atoms. The van der Waals surface area contributed by atoms with Gasteiger partial charge in [0.15, 0.2) is 0 Å². The van der Waals surface area contributed by atoms with Gasteiger partial charge in [-0.1, -0.05) is 20.8 Å². The first-order valence-electron chi connectivity index (χ1n) is 7.66. The largest absolute Gasteiger partial charge is 0.351 e. The Kier molecular flexibility index (Phi) is 4.04. The first-order chi connectivity index (χ1) is 10.4. The van der Waals surface area contributed by atoms with Crippen molar-refractivity contribution >= 4 is 17.2 Å². The summed E-state index contributed by atoms with van der Waals surface area (Å²) in [4.78, 5) is 21.1. The first-order valence-corrected chi connectivity index (χ1v) is 8.54. The third-order valence-electron chi connectivity index (χ3n) is 3.84. The normalized spacial score (nSPS) is 18.0. The lowest BCUT2D eigenvalue weighted by atomic mass is 9.98. The van der Waals surface area contributed by atoms with E-state index in [1.165, 1.54) is 0 Å². The van der Waals surface area contributed by atoms with E-state index in [4.69, 9.17) is 0 Å². The van der Waals surface area contributed by atoms with E-state index in [0.29, 0.717) is 6.42 Å². The fourth-order valence-corrected chi connectivity index (χ4v) is 3.57. The van der Waals surface area contributed by atoms with Crippen molar-refractivity contribution in [3.63, 3.8) is 0 Å². The lowest BCUT2D eigenvalue weighted by Gasteiger charge is -2.24. The molecule has 5 nitrogen and oxygen atoms in total. The maximum Gasteiger partial charge on any atom is 0.226 e. The van der Waals surface area contributed by atoms with Gasteiger partial charge in [-0.25, -0.2) is 9.97 Å². The van der Waals surface area contributed by atoms with E-state index in [2.05, 4.69) is 40.6 Å². The van der Waals surface area contributed by atoms with E-state index in [-0.39, 0.29) is 17.4 Å². The number of carbonyl (C=O) groups excluding carboxylic acids is 1. The summed E-state index contributed by atoms with van der Waals surface area (Å²) >= 11 is 1.63. The average Bonchev–Trinajstić information content (AvgIpc) is 3.05. The van der Waals surface area contributed by atoms with Crippen LogP contribution in [0.5, 0.6) is 0 Å². The molecule has 1 aliphatic rings. The number of imidazole rings is 1. The molecule has 2 aromatic heterocycles. The van der Waals surface area contributed by atoms with E-state index >= 15 is 0 Å². The molecule has 0 radical (unpaired) electrons. The standard InChI is InChI=1S/C16H22N4OS/c1-16(2,3)15-19-12(10-22-15)8-14(21)18-11-4-5-13-17-6-7-20(13)9-11/h6-7,10-11H,4-5,8-9H2,1-3H3,(H,18,21)/t11-/m0/s1. The fraction of sp³-hybridized carbons (Fsp3) is 0.562. The van der Waals surface area contributed by atoms with E-state index in [1.54, 1.807) is 11.3 Å². The molecule has 0 aliphatic carbocycles. The molecule has 1 amide bonds. The fourth-order valence-electron chi connectivity index (χ4n) is 2.66. The molecule has 2 aromatic rings. The monoisotopic (exact) mass is 318 g/mol. The van der Waals surface area contributed by atoms with E-state index in [1.807, 2.05) is 17.8 Å². The van der Waals surface area contributed by atoms with Gasteiger partial charge in [-0.05, 0) is 6.42 Å². The summed E-state index contributed by atoms with van der Waals surface area (Å²) in [6, 6.07) is 0.190. The van der Waals surface area contributed by atoms with Crippen molar-refractivity contribution in [1.29, 1.82) is 0 Å². The average molecular weight is 318 g/mol. The third kappa shape index (κ3) is 3.38. The van der Waals surface area contributed by atoms with Gasteiger partial charge < -0.3 is 9.88 Å². The molecule has 0 saturated carbocycles. The van der Waals surface area contributed by atoms with Crippen LogP contribution in [0.2, 0.25) is 0 Å². The van der Waals surface area contributed by atoms with Crippen LogP contribution in [0, 0.1) is 0 Å². The van der Waals surface area contributed by atoms with Gasteiger partial charge in [0.25, 0.3) is 0 Å². The van der Waals surface area contributed by atoms with Crippen LogP contribution in [0.15, 0.2) is 17.8 Å². The molecule has 6 heteroatoms. The minimum Gasteiger partial charge on any atom is -0.351 e. The quantitative estimate of drug-likeness (QED) is 0.945. The highest BCUT2D eigenvalue weighted by atomic mass is 32.1. The molecular formula is C16H22N4OS. The highest BCUT2D eigenvalue weighted by molar-refractivity contribution is 7.09. The van der Waals surface area contributed by atoms with Gasteiger partial charge in [0.2, 0.25) is 5.91 Å². The second kappa shape index (κ2) is 5.83. The smallest absolute Gasteiger partial charge is 0.226 e. The predicted octanol–water partition coefficient (Wildman–Crippen LogP) is 2.31. The lowest BCUT2D eigenvalue weighted by Crippen LogP contribution is -2.41. The van der Waals surface area contributed by atoms with Crippen molar-refractivity contribution < 1.29 is 4.79 Å². The number of aryl methyl sites for hydroxylation is 1. The molecule has 0 aromatic carbocycles. The van der Waals surface area contributed by atoms with Gasteiger partial charge >= 0.3 is 0 Å². The Hall–Kier alpha value is -1.69. The molecule has 1 aliphatic heterocycles. The third-order valence-corrected chi connectivity index (χ3v) is 5.15. The second-order valence-corrected chi connectivity index (χ2v) is 7.73. The molecule has 118 valence electrons. The summed E-state index contributed by atoms with van der Waals surface area (Å²) < 4.78 is 2.12. The van der Waals surface area contributed by atoms with Crippen molar-refractivity contribution in [2.24, 2.45) is 0 Å². The second-order valence-electron chi connectivity index (χ2n) is 6.87. The Labute approximate surface area is 134 Å². The lowest BCUT2D eigenvalue weighted by molar-refractivity contribution is -0.121. The molecular weight excluding hydrogens is 296 g/mol. The number of rotatable bonds is 3. The molecule has 3 rings (SSSR count). The molecule has 22 heavy (non-hydrogen) atoms. The van der Waals surface area contributed by atoms with Gasteiger partial charge in [-0.15, -0.1) is 11.3 Å². The topological polar surface area (TPSA) is 59.8 Å². The number of amides is 1. The van der Waals surface area contributed by atoms with Gasteiger partial charge in [0.1, 0.15) is 5.82 Å². The van der Waals surface area contributed by atoms with Crippen LogP contribution in [-0.4, -0.2) is 26.5 Å². The highest BCUT2D eigenvalue weighted by Crippen LogP contribution is 2.25. The number of nitrogens with zero attached hydrogens (tertiary/aromatic N) is 3. The summed E-state index contributed by atoms with van der Waals surface area (Å²) in [7, 11) is 0. The maximum absolute atomic E-state index is 12.2. The maximum atomic E-state index is 12.2. The van der Waals surface area contributed by atoms with Crippen molar-refractivity contribution in [3.8, 4) is 0 Å². The number of aromatic nitrogens is 3. The van der Waals surface area contributed by atoms with Crippen molar-refractivity contribution in [2.45, 2.75) is 58.0 Å². The Morgan fingerprint density at radius 1 is 1.50 bits per heavy atom. The number of nitrogens with one attached hydrogen (secondary N) is 1. The Bertz CT molecular complexity index is 668. The van der Waals surface area contributed by atoms with Crippen LogP contribution in [0.3, 0.4) is 0 Å². The van der Waals surface area contributed by atoms with Gasteiger partial charge in [0.05, 0.1) is 17.1 Å². The SMILES string of the molecule is CC(C)(C)c1nc(CC(=O)N[C@H]2CCc3nccn3C2)cs1. The van der Waals surface area contributed by atoms with E-state index < -0.39 is 0 Å². The summed E-state index contributed by atoms with van der Waals surface area (Å²) in [5.41, 5.74) is 0.909. The minimum absolute atomic E-state index is 0.0422. The van der Waals surface area contributed by atoms with Gasteiger partial charge in [-0.2, -0.15) is 0 Å². The molecule has 1 N–H and O–H groups in total. The van der Waals surface area contributed by atoms with Crippen molar-refractivity contribution in [3.05, 3.63) is 34.3 Å². The van der Waals surface area contributed by atoms with Crippen LogP contribution >= 0.6 is 11.3 Å². The number of fused-ring (bicyclic) bond motifs is 1. The molecule has 0 spiro atoms. The van der Waals surface area contributed by atoms with Gasteiger partial charge in [0, 0.05) is 42.2 Å². The molecule has 0 saturated heterocycles. The highest BCUT2D eigenvalue weighted by Gasteiger charge is 2.22. The molecule has 1 atom stereocenters. The Morgan fingerprint density at radius 3 is 3.05 bits per heavy atom. The minimum atomic E-state index is 0.0422. The Morgan fingerprint density at radius 2 is 2.32 bits per heavy atom. The summed E-state index contributed by atoms with van der Waals surface area (Å²) in [5, 5.41) is 6.20. The summed E-state index contributed by atoms with van der Waals surface area (Å²) in [6.45, 7) is 7.23. The van der Waals surface area contributed by atoms with Crippen LogP contribution < -0.4 is 5.32 Å². The van der Waals surface area contributed by atoms with Gasteiger partial charge in [-0.3, -0.25) is 4.79 Å². The summed E-state index contributed by atoms with van der Waals surface area (Å²) in [6.07, 6.45) is 6.03. The number of carbonyl (C=O) groups is 1. The summed E-state index contributed by atoms with van der Waals surface area (Å²) in [5.74, 6) is 1.17. The molecule has 3 heterocycles. The van der Waals surface area contributed by atoms with E-state index in [0.717, 1.165) is 35.9 Å². The van der Waals surface area contributed by atoms with E-state index in [9.17, 15) is 4.79 Å². The zero-order chi connectivity index (χ0) is 15.7. The number of hydrogen-bond donors (Lipinski definition) is 1. The van der Waals surface area contributed by atoms with Crippen LogP contribution in [0.1, 0.15) is 43.7 Å². The number of hydrogen-bond acceptors (Lipinski definition) is 4. The van der Waals surface area contributed by atoms with Crippen LogP contribution in [0.4, 0.5) is 0 Å². The molecule has 0 unspecified atom stereocenters. The van der Waals surface area contributed by atoms with Crippen molar-refractivity contribution in [1.82, 2.24) is 19.9 Å². The zero-order valence-corrected chi connectivity index (χ0v) is 14.1. The first kappa shape index (κ1) is 15.2.